The van der Waals surface area contributed by atoms with Gasteiger partial charge in [-0.3, -0.25) is 9.59 Å². The number of aryl methyl sites for hydroxylation is 1. The highest BCUT2D eigenvalue weighted by Crippen LogP contribution is 2.34. The molecule has 0 bridgehead atoms. The summed E-state index contributed by atoms with van der Waals surface area (Å²) in [6.07, 6.45) is 1.22. The minimum Gasteiger partial charge on any atom is -0.455 e. The van der Waals surface area contributed by atoms with Gasteiger partial charge in [0.2, 0.25) is 0 Å². The standard InChI is InChI=1S/C22H26ClN3O3/c1-13-11-17(21(2,3)4)29-18(13)20(28)26-9-7-22(8-10-26)24-16-6-5-14(23)12-15(16)19(27)25-22/h5-6,11-12,24H,7-10H2,1-4H3,(H,25,27). The molecule has 2 aromatic rings. The van der Waals surface area contributed by atoms with Gasteiger partial charge < -0.3 is 20.0 Å². The van der Waals surface area contributed by atoms with Crippen LogP contribution in [0.15, 0.2) is 28.7 Å². The van der Waals surface area contributed by atoms with E-state index >= 15 is 0 Å². The fraction of sp³-hybridized carbons (Fsp3) is 0.455. The molecule has 2 aliphatic rings. The van der Waals surface area contributed by atoms with Crippen molar-refractivity contribution in [1.29, 1.82) is 0 Å². The van der Waals surface area contributed by atoms with Gasteiger partial charge in [0.1, 0.15) is 11.4 Å². The van der Waals surface area contributed by atoms with Gasteiger partial charge in [-0.2, -0.15) is 0 Å². The van der Waals surface area contributed by atoms with Crippen LogP contribution in [0.3, 0.4) is 0 Å². The normalized spacial score (nSPS) is 18.2. The van der Waals surface area contributed by atoms with Gasteiger partial charge in [-0.15, -0.1) is 0 Å². The van der Waals surface area contributed by atoms with Crippen LogP contribution in [-0.4, -0.2) is 35.5 Å². The number of nitrogens with zero attached hydrogens (tertiary/aromatic N) is 1. The molecule has 4 rings (SSSR count). The maximum Gasteiger partial charge on any atom is 0.289 e. The lowest BCUT2D eigenvalue weighted by molar-refractivity contribution is 0.0608. The number of fused-ring (bicyclic) bond motifs is 1. The molecule has 29 heavy (non-hydrogen) atoms. The van der Waals surface area contributed by atoms with Crippen molar-refractivity contribution in [2.24, 2.45) is 0 Å². The Morgan fingerprint density at radius 2 is 1.86 bits per heavy atom. The molecule has 1 spiro atoms. The van der Waals surface area contributed by atoms with Crippen LogP contribution in [0, 0.1) is 6.92 Å². The lowest BCUT2D eigenvalue weighted by Gasteiger charge is -2.45. The van der Waals surface area contributed by atoms with Gasteiger partial charge >= 0.3 is 0 Å². The highest BCUT2D eigenvalue weighted by molar-refractivity contribution is 6.31. The zero-order valence-corrected chi connectivity index (χ0v) is 17.9. The average molecular weight is 416 g/mol. The van der Waals surface area contributed by atoms with E-state index < -0.39 is 5.66 Å². The predicted octanol–water partition coefficient (Wildman–Crippen LogP) is 4.33. The lowest BCUT2D eigenvalue weighted by atomic mass is 9.92. The number of hydrogen-bond acceptors (Lipinski definition) is 4. The van der Waals surface area contributed by atoms with Crippen molar-refractivity contribution < 1.29 is 14.0 Å². The summed E-state index contributed by atoms with van der Waals surface area (Å²) in [5.41, 5.74) is 1.47. The molecule has 1 aromatic heterocycles. The molecule has 0 radical (unpaired) electrons. The first kappa shape index (κ1) is 19.8. The maximum atomic E-state index is 13.0. The molecule has 0 aliphatic carbocycles. The van der Waals surface area contributed by atoms with Crippen LogP contribution in [0.2, 0.25) is 5.02 Å². The number of hydrogen-bond donors (Lipinski definition) is 2. The van der Waals surface area contributed by atoms with Gasteiger partial charge in [0.15, 0.2) is 5.76 Å². The molecule has 0 unspecified atom stereocenters. The Labute approximate surface area is 175 Å². The zero-order chi connectivity index (χ0) is 21.0. The number of likely N-dealkylation sites (tertiary alicyclic amines) is 1. The van der Waals surface area contributed by atoms with Gasteiger partial charge in [-0.1, -0.05) is 32.4 Å². The Kier molecular flexibility index (Phi) is 4.65. The number of rotatable bonds is 1. The van der Waals surface area contributed by atoms with E-state index in [1.165, 1.54) is 0 Å². The predicted molar refractivity (Wildman–Crippen MR) is 113 cm³/mol. The van der Waals surface area contributed by atoms with Gasteiger partial charge in [0.25, 0.3) is 11.8 Å². The number of furan rings is 1. The van der Waals surface area contributed by atoms with Gasteiger partial charge in [0.05, 0.1) is 5.56 Å². The van der Waals surface area contributed by atoms with Gasteiger partial charge in [0, 0.05) is 47.6 Å². The number of halogens is 1. The molecular weight excluding hydrogens is 390 g/mol. The first-order valence-corrected chi connectivity index (χ1v) is 10.3. The smallest absolute Gasteiger partial charge is 0.289 e. The second-order valence-electron chi connectivity index (χ2n) is 9.02. The fourth-order valence-corrected chi connectivity index (χ4v) is 4.11. The molecule has 0 atom stereocenters. The summed E-state index contributed by atoms with van der Waals surface area (Å²) < 4.78 is 5.92. The topological polar surface area (TPSA) is 74.6 Å². The largest absolute Gasteiger partial charge is 0.455 e. The number of anilines is 1. The van der Waals surface area contributed by atoms with Crippen LogP contribution in [0.25, 0.3) is 0 Å². The van der Waals surface area contributed by atoms with Crippen molar-refractivity contribution in [1.82, 2.24) is 10.2 Å². The van der Waals surface area contributed by atoms with E-state index in [0.29, 0.717) is 42.3 Å². The summed E-state index contributed by atoms with van der Waals surface area (Å²) in [5, 5.41) is 7.06. The van der Waals surface area contributed by atoms with Gasteiger partial charge in [-0.05, 0) is 31.2 Å². The average Bonchev–Trinajstić information content (AvgIpc) is 3.05. The third-order valence-electron chi connectivity index (χ3n) is 5.71. The van der Waals surface area contributed by atoms with Crippen LogP contribution in [0.4, 0.5) is 5.69 Å². The molecule has 1 fully saturated rings. The number of carbonyl (C=O) groups excluding carboxylic acids is 2. The Hall–Kier alpha value is -2.47. The molecule has 0 saturated carbocycles. The molecule has 1 aromatic carbocycles. The summed E-state index contributed by atoms with van der Waals surface area (Å²) in [6.45, 7) is 9.15. The first-order valence-electron chi connectivity index (χ1n) is 9.88. The molecule has 2 N–H and O–H groups in total. The highest BCUT2D eigenvalue weighted by atomic mass is 35.5. The summed E-state index contributed by atoms with van der Waals surface area (Å²) in [5.74, 6) is 0.981. The van der Waals surface area contributed by atoms with E-state index in [1.54, 1.807) is 17.0 Å². The summed E-state index contributed by atoms with van der Waals surface area (Å²) in [4.78, 5) is 27.4. The molecule has 3 heterocycles. The van der Waals surface area contributed by atoms with Crippen LogP contribution in [0.1, 0.15) is 65.8 Å². The third kappa shape index (κ3) is 3.62. The third-order valence-corrected chi connectivity index (χ3v) is 5.94. The summed E-state index contributed by atoms with van der Waals surface area (Å²) in [7, 11) is 0. The second kappa shape index (κ2) is 6.80. The Morgan fingerprint density at radius 1 is 1.17 bits per heavy atom. The highest BCUT2D eigenvalue weighted by Gasteiger charge is 2.41. The van der Waals surface area contributed by atoms with Crippen molar-refractivity contribution in [3.05, 3.63) is 51.9 Å². The molecule has 2 amide bonds. The van der Waals surface area contributed by atoms with Crippen molar-refractivity contribution in [2.75, 3.05) is 18.4 Å². The fourth-order valence-electron chi connectivity index (χ4n) is 3.94. The van der Waals surface area contributed by atoms with E-state index in [0.717, 1.165) is 17.0 Å². The number of piperidine rings is 1. The lowest BCUT2D eigenvalue weighted by Crippen LogP contribution is -2.62. The molecule has 7 heteroatoms. The number of carbonyl (C=O) groups is 2. The zero-order valence-electron chi connectivity index (χ0n) is 17.2. The number of nitrogens with one attached hydrogen (secondary N) is 2. The monoisotopic (exact) mass is 415 g/mol. The second-order valence-corrected chi connectivity index (χ2v) is 9.45. The molecule has 6 nitrogen and oxygen atoms in total. The Morgan fingerprint density at radius 3 is 2.48 bits per heavy atom. The number of amides is 2. The Balaban J connectivity index is 1.49. The van der Waals surface area contributed by atoms with Crippen LogP contribution < -0.4 is 10.6 Å². The molecule has 2 aliphatic heterocycles. The maximum absolute atomic E-state index is 13.0. The summed E-state index contributed by atoms with van der Waals surface area (Å²) >= 11 is 6.01. The van der Waals surface area contributed by atoms with E-state index in [1.807, 2.05) is 19.1 Å². The van der Waals surface area contributed by atoms with E-state index in [9.17, 15) is 9.59 Å². The Bertz CT molecular complexity index is 982. The van der Waals surface area contributed by atoms with Gasteiger partial charge in [-0.25, -0.2) is 0 Å². The first-order chi connectivity index (χ1) is 13.6. The van der Waals surface area contributed by atoms with Crippen LogP contribution in [0.5, 0.6) is 0 Å². The SMILES string of the molecule is Cc1cc(C(C)(C)C)oc1C(=O)N1CCC2(CC1)NC(=O)c1cc(Cl)ccc1N2. The van der Waals surface area contributed by atoms with Crippen molar-refractivity contribution in [2.45, 2.75) is 51.6 Å². The van der Waals surface area contributed by atoms with Crippen molar-refractivity contribution in [3.8, 4) is 0 Å². The van der Waals surface area contributed by atoms with E-state index in [2.05, 4.69) is 31.4 Å². The minimum atomic E-state index is -0.552. The molecule has 1 saturated heterocycles. The quantitative estimate of drug-likeness (QED) is 0.727. The van der Waals surface area contributed by atoms with Crippen molar-refractivity contribution >= 4 is 29.1 Å². The van der Waals surface area contributed by atoms with E-state index in [-0.39, 0.29) is 17.2 Å². The van der Waals surface area contributed by atoms with Crippen LogP contribution >= 0.6 is 11.6 Å². The van der Waals surface area contributed by atoms with Crippen molar-refractivity contribution in [3.63, 3.8) is 0 Å². The molecular formula is C22H26ClN3O3. The minimum absolute atomic E-state index is 0.0952. The molecule has 154 valence electrons. The van der Waals surface area contributed by atoms with E-state index in [4.69, 9.17) is 16.0 Å². The van der Waals surface area contributed by atoms with Crippen LogP contribution in [-0.2, 0) is 5.41 Å². The number of benzene rings is 1. The summed E-state index contributed by atoms with van der Waals surface area (Å²) in [6, 6.07) is 7.21.